The van der Waals surface area contributed by atoms with Crippen molar-refractivity contribution in [1.29, 1.82) is 0 Å². The first-order valence-electron chi connectivity index (χ1n) is 6.90. The van der Waals surface area contributed by atoms with Crippen molar-refractivity contribution < 1.29 is 29.3 Å². The molecule has 0 unspecified atom stereocenters. The molecule has 1 aromatic carbocycles. The molecule has 1 fully saturated rings. The maximum absolute atomic E-state index is 11.9. The van der Waals surface area contributed by atoms with Crippen molar-refractivity contribution in [2.24, 2.45) is 0 Å². The number of aliphatic hydroxyl groups is 2. The lowest BCUT2D eigenvalue weighted by atomic mass is 10.1. The van der Waals surface area contributed by atoms with Gasteiger partial charge in [-0.1, -0.05) is 30.3 Å². The first-order chi connectivity index (χ1) is 10.5. The highest BCUT2D eigenvalue weighted by Gasteiger charge is 2.45. The number of aliphatic hydroxyl groups excluding tert-OH is 2. The molecule has 3 atom stereocenters. The number of carbonyl (C=O) groups is 2. The Morgan fingerprint density at radius 2 is 1.95 bits per heavy atom. The van der Waals surface area contributed by atoms with Gasteiger partial charge in [-0.25, -0.2) is 0 Å². The second-order valence-electron chi connectivity index (χ2n) is 5.10. The van der Waals surface area contributed by atoms with Gasteiger partial charge in [-0.2, -0.15) is 0 Å². The van der Waals surface area contributed by atoms with E-state index in [-0.39, 0.29) is 19.7 Å². The minimum atomic E-state index is -1.28. The number of hydrogen-bond donors (Lipinski definition) is 2. The molecule has 0 bridgehead atoms. The highest BCUT2D eigenvalue weighted by Crippen LogP contribution is 2.19. The monoisotopic (exact) mass is 309 g/mol. The molecular formula is C15H19NO6. The Morgan fingerprint density at radius 1 is 1.27 bits per heavy atom. The van der Waals surface area contributed by atoms with Crippen LogP contribution in [0.5, 0.6) is 0 Å². The third-order valence-electron chi connectivity index (χ3n) is 3.55. The summed E-state index contributed by atoms with van der Waals surface area (Å²) in [6.07, 6.45) is -2.39. The molecule has 1 aromatic rings. The van der Waals surface area contributed by atoms with Crippen molar-refractivity contribution in [2.75, 3.05) is 20.2 Å². The standard InChI is InChI=1S/C15H19NO6/c1-21-15(20)13-14(19)11(17)7-16(13)8-12(18)22-9-10-5-3-2-4-6-10/h2-6,11,13-14,17,19H,7-9H2,1H3/t11-,13-,14-/m1/s1. The smallest absolute Gasteiger partial charge is 0.325 e. The van der Waals surface area contributed by atoms with Crippen LogP contribution in [0.25, 0.3) is 0 Å². The predicted octanol–water partition coefficient (Wildman–Crippen LogP) is -0.691. The maximum atomic E-state index is 11.9. The van der Waals surface area contributed by atoms with Gasteiger partial charge in [-0.15, -0.1) is 0 Å². The molecule has 0 amide bonds. The van der Waals surface area contributed by atoms with Crippen molar-refractivity contribution >= 4 is 11.9 Å². The lowest BCUT2D eigenvalue weighted by molar-refractivity contribution is -0.152. The van der Waals surface area contributed by atoms with Gasteiger partial charge in [0.2, 0.25) is 0 Å². The number of likely N-dealkylation sites (tertiary alicyclic amines) is 1. The highest BCUT2D eigenvalue weighted by atomic mass is 16.5. The minimum absolute atomic E-state index is 0.00136. The quantitative estimate of drug-likeness (QED) is 0.695. The Labute approximate surface area is 128 Å². The number of nitrogens with zero attached hydrogens (tertiary/aromatic N) is 1. The summed E-state index contributed by atoms with van der Waals surface area (Å²) in [4.78, 5) is 24.9. The van der Waals surface area contributed by atoms with Gasteiger partial charge < -0.3 is 19.7 Å². The summed E-state index contributed by atoms with van der Waals surface area (Å²) in [5.74, 6) is -1.24. The zero-order chi connectivity index (χ0) is 16.1. The van der Waals surface area contributed by atoms with E-state index in [9.17, 15) is 19.8 Å². The summed E-state index contributed by atoms with van der Waals surface area (Å²) in [6, 6.07) is 8.12. The number of esters is 2. The molecule has 2 rings (SSSR count). The van der Waals surface area contributed by atoms with E-state index in [4.69, 9.17) is 4.74 Å². The van der Waals surface area contributed by atoms with E-state index in [1.165, 1.54) is 12.0 Å². The first-order valence-corrected chi connectivity index (χ1v) is 6.90. The summed E-state index contributed by atoms with van der Waals surface area (Å²) in [5, 5.41) is 19.5. The molecule has 0 aromatic heterocycles. The number of benzene rings is 1. The van der Waals surface area contributed by atoms with Crippen LogP contribution in [0.1, 0.15) is 5.56 Å². The minimum Gasteiger partial charge on any atom is -0.468 e. The zero-order valence-electron chi connectivity index (χ0n) is 12.2. The fourth-order valence-electron chi connectivity index (χ4n) is 2.41. The second kappa shape index (κ2) is 7.35. The molecule has 7 nitrogen and oxygen atoms in total. The molecular weight excluding hydrogens is 290 g/mol. The molecule has 1 heterocycles. The van der Waals surface area contributed by atoms with Gasteiger partial charge in [0.25, 0.3) is 0 Å². The van der Waals surface area contributed by atoms with E-state index in [0.717, 1.165) is 5.56 Å². The number of methoxy groups -OCH3 is 1. The molecule has 2 N–H and O–H groups in total. The van der Waals surface area contributed by atoms with Crippen molar-refractivity contribution in [1.82, 2.24) is 4.90 Å². The summed E-state index contributed by atoms with van der Waals surface area (Å²) in [6.45, 7) is -0.0798. The zero-order valence-corrected chi connectivity index (χ0v) is 12.2. The van der Waals surface area contributed by atoms with E-state index >= 15 is 0 Å². The van der Waals surface area contributed by atoms with E-state index in [1.807, 2.05) is 30.3 Å². The fourth-order valence-corrected chi connectivity index (χ4v) is 2.41. The van der Waals surface area contributed by atoms with Crippen molar-refractivity contribution in [3.8, 4) is 0 Å². The molecule has 0 spiro atoms. The van der Waals surface area contributed by atoms with Gasteiger partial charge in [-0.05, 0) is 5.56 Å². The average molecular weight is 309 g/mol. The number of hydrogen-bond acceptors (Lipinski definition) is 7. The SMILES string of the molecule is COC(=O)[C@H]1[C@H](O)[C@H](O)CN1CC(=O)OCc1ccccc1. The van der Waals surface area contributed by atoms with Crippen molar-refractivity contribution in [3.63, 3.8) is 0 Å². The molecule has 7 heteroatoms. The Hall–Kier alpha value is -1.96. The van der Waals surface area contributed by atoms with Crippen LogP contribution in [-0.2, 0) is 25.7 Å². The van der Waals surface area contributed by atoms with Crippen LogP contribution in [-0.4, -0.2) is 65.5 Å². The molecule has 1 saturated heterocycles. The predicted molar refractivity (Wildman–Crippen MR) is 75.6 cm³/mol. The van der Waals surface area contributed by atoms with E-state index in [2.05, 4.69) is 4.74 Å². The van der Waals surface area contributed by atoms with Crippen LogP contribution in [0.3, 0.4) is 0 Å². The number of rotatable bonds is 5. The summed E-state index contributed by atoms with van der Waals surface area (Å²) < 4.78 is 9.72. The number of β-amino-alcohol motifs (C(OH)–C–C–N with tert-alkyl or cyclic N) is 1. The average Bonchev–Trinajstić information content (AvgIpc) is 2.80. The van der Waals surface area contributed by atoms with Crippen molar-refractivity contribution in [3.05, 3.63) is 35.9 Å². The van der Waals surface area contributed by atoms with Gasteiger partial charge in [0.05, 0.1) is 19.8 Å². The fraction of sp³-hybridized carbons (Fsp3) is 0.467. The molecule has 0 radical (unpaired) electrons. The van der Waals surface area contributed by atoms with Crippen molar-refractivity contribution in [2.45, 2.75) is 24.9 Å². The molecule has 1 aliphatic heterocycles. The van der Waals surface area contributed by atoms with Crippen LogP contribution < -0.4 is 0 Å². The van der Waals surface area contributed by atoms with Crippen LogP contribution in [0.15, 0.2) is 30.3 Å². The first kappa shape index (κ1) is 16.4. The summed E-state index contributed by atoms with van der Waals surface area (Å²) in [5.41, 5.74) is 0.849. The van der Waals surface area contributed by atoms with Crippen LogP contribution in [0.4, 0.5) is 0 Å². The lowest BCUT2D eigenvalue weighted by Crippen LogP contribution is -2.45. The lowest BCUT2D eigenvalue weighted by Gasteiger charge is -2.22. The number of ether oxygens (including phenoxy) is 2. The second-order valence-corrected chi connectivity index (χ2v) is 5.10. The number of carbonyl (C=O) groups excluding carboxylic acids is 2. The summed E-state index contributed by atoms with van der Waals surface area (Å²) in [7, 11) is 1.19. The van der Waals surface area contributed by atoms with E-state index in [0.29, 0.717) is 0 Å². The molecule has 22 heavy (non-hydrogen) atoms. The van der Waals surface area contributed by atoms with E-state index < -0.39 is 30.2 Å². The van der Waals surface area contributed by atoms with Gasteiger partial charge in [-0.3, -0.25) is 14.5 Å². The van der Waals surface area contributed by atoms with Crippen LogP contribution >= 0.6 is 0 Å². The third-order valence-corrected chi connectivity index (χ3v) is 3.55. The largest absolute Gasteiger partial charge is 0.468 e. The summed E-state index contributed by atoms with van der Waals surface area (Å²) >= 11 is 0. The molecule has 0 saturated carbocycles. The maximum Gasteiger partial charge on any atom is 0.325 e. The van der Waals surface area contributed by atoms with Gasteiger partial charge in [0, 0.05) is 6.54 Å². The Balaban J connectivity index is 1.91. The molecule has 0 aliphatic carbocycles. The van der Waals surface area contributed by atoms with Crippen LogP contribution in [0, 0.1) is 0 Å². The van der Waals surface area contributed by atoms with Gasteiger partial charge >= 0.3 is 11.9 Å². The topological polar surface area (TPSA) is 96.3 Å². The Kier molecular flexibility index (Phi) is 5.48. The van der Waals surface area contributed by atoms with E-state index in [1.54, 1.807) is 0 Å². The Morgan fingerprint density at radius 3 is 2.59 bits per heavy atom. The van der Waals surface area contributed by atoms with Crippen LogP contribution in [0.2, 0.25) is 0 Å². The Bertz CT molecular complexity index is 520. The van der Waals surface area contributed by atoms with Gasteiger partial charge in [0.15, 0.2) is 0 Å². The highest BCUT2D eigenvalue weighted by molar-refractivity contribution is 5.79. The third kappa shape index (κ3) is 3.82. The normalized spacial score (nSPS) is 25.0. The molecule has 120 valence electrons. The molecule has 1 aliphatic rings. The van der Waals surface area contributed by atoms with Gasteiger partial charge in [0.1, 0.15) is 18.8 Å².